The Balaban J connectivity index is 2.48. The van der Waals surface area contributed by atoms with Gasteiger partial charge in [-0.2, -0.15) is 0 Å². The molecule has 0 saturated carbocycles. The molecule has 1 unspecified atom stereocenters. The van der Waals surface area contributed by atoms with E-state index < -0.39 is 0 Å². The topological polar surface area (TPSA) is 75.4 Å². The van der Waals surface area contributed by atoms with Crippen LogP contribution in [0.5, 0.6) is 0 Å². The third kappa shape index (κ3) is 3.71. The van der Waals surface area contributed by atoms with E-state index in [-0.39, 0.29) is 24.3 Å². The van der Waals surface area contributed by atoms with Crippen molar-refractivity contribution in [3.8, 4) is 0 Å². The first-order valence-electron chi connectivity index (χ1n) is 4.96. The predicted molar refractivity (Wildman–Crippen MR) is 54.3 cm³/mol. The van der Waals surface area contributed by atoms with Gasteiger partial charge >= 0.3 is 0 Å². The van der Waals surface area contributed by atoms with Crippen molar-refractivity contribution >= 4 is 5.91 Å². The Morgan fingerprint density at radius 2 is 2.40 bits per heavy atom. The zero-order valence-electron chi connectivity index (χ0n) is 8.93. The van der Waals surface area contributed by atoms with Gasteiger partial charge in [0.05, 0.1) is 18.8 Å². The SMILES string of the molecule is CC(C)CC(CO)NC(=O)c1ccno1. The number of carbonyl (C=O) groups is 1. The van der Waals surface area contributed by atoms with Crippen LogP contribution in [-0.2, 0) is 0 Å². The monoisotopic (exact) mass is 212 g/mol. The van der Waals surface area contributed by atoms with Crippen molar-refractivity contribution in [3.63, 3.8) is 0 Å². The number of nitrogens with one attached hydrogen (secondary N) is 1. The molecule has 1 heterocycles. The summed E-state index contributed by atoms with van der Waals surface area (Å²) >= 11 is 0. The van der Waals surface area contributed by atoms with Crippen LogP contribution < -0.4 is 5.32 Å². The lowest BCUT2D eigenvalue weighted by molar-refractivity contribution is 0.0871. The molecule has 1 rings (SSSR count). The van der Waals surface area contributed by atoms with E-state index in [9.17, 15) is 4.79 Å². The van der Waals surface area contributed by atoms with Gasteiger partial charge in [0.15, 0.2) is 0 Å². The van der Waals surface area contributed by atoms with E-state index in [0.29, 0.717) is 5.92 Å². The molecule has 0 radical (unpaired) electrons. The van der Waals surface area contributed by atoms with Crippen molar-refractivity contribution in [2.75, 3.05) is 6.61 Å². The molecule has 0 aromatic carbocycles. The summed E-state index contributed by atoms with van der Waals surface area (Å²) in [6.45, 7) is 3.99. The minimum atomic E-state index is -0.341. The van der Waals surface area contributed by atoms with Gasteiger partial charge in [0.25, 0.3) is 5.91 Å². The fourth-order valence-electron chi connectivity index (χ4n) is 1.34. The van der Waals surface area contributed by atoms with Crippen LogP contribution in [0.25, 0.3) is 0 Å². The molecule has 0 aliphatic rings. The lowest BCUT2D eigenvalue weighted by atomic mass is 10.0. The molecule has 1 aromatic rings. The molecule has 2 N–H and O–H groups in total. The van der Waals surface area contributed by atoms with Gasteiger partial charge in [0.1, 0.15) is 0 Å². The molecule has 0 aliphatic heterocycles. The Hall–Kier alpha value is -1.36. The van der Waals surface area contributed by atoms with Gasteiger partial charge < -0.3 is 14.9 Å². The fraction of sp³-hybridized carbons (Fsp3) is 0.600. The molecule has 0 spiro atoms. The molecule has 0 aliphatic carbocycles. The zero-order valence-corrected chi connectivity index (χ0v) is 8.93. The lowest BCUT2D eigenvalue weighted by Gasteiger charge is -2.17. The quantitative estimate of drug-likeness (QED) is 0.757. The highest BCUT2D eigenvalue weighted by atomic mass is 16.5. The van der Waals surface area contributed by atoms with Crippen LogP contribution in [0, 0.1) is 5.92 Å². The molecular weight excluding hydrogens is 196 g/mol. The summed E-state index contributed by atoms with van der Waals surface area (Å²) in [5, 5.41) is 15.2. The first-order valence-corrected chi connectivity index (χ1v) is 4.96. The van der Waals surface area contributed by atoms with Crippen molar-refractivity contribution in [2.45, 2.75) is 26.3 Å². The third-order valence-electron chi connectivity index (χ3n) is 1.97. The number of nitrogens with zero attached hydrogens (tertiary/aromatic N) is 1. The van der Waals surface area contributed by atoms with Crippen molar-refractivity contribution in [2.24, 2.45) is 5.92 Å². The van der Waals surface area contributed by atoms with Gasteiger partial charge in [0.2, 0.25) is 5.76 Å². The van der Waals surface area contributed by atoms with Crippen LogP contribution in [0.2, 0.25) is 0 Å². The highest BCUT2D eigenvalue weighted by Crippen LogP contribution is 2.05. The van der Waals surface area contributed by atoms with Gasteiger partial charge in [-0.15, -0.1) is 0 Å². The van der Waals surface area contributed by atoms with Gasteiger partial charge in [-0.25, -0.2) is 0 Å². The molecule has 1 amide bonds. The third-order valence-corrected chi connectivity index (χ3v) is 1.97. The molecule has 0 bridgehead atoms. The van der Waals surface area contributed by atoms with E-state index in [1.165, 1.54) is 12.3 Å². The summed E-state index contributed by atoms with van der Waals surface area (Å²) in [5.41, 5.74) is 0. The molecular formula is C10H16N2O3. The van der Waals surface area contributed by atoms with Gasteiger partial charge in [-0.1, -0.05) is 19.0 Å². The van der Waals surface area contributed by atoms with Gasteiger partial charge in [-0.05, 0) is 12.3 Å². The number of hydrogen-bond donors (Lipinski definition) is 2. The van der Waals surface area contributed by atoms with Crippen molar-refractivity contribution in [1.82, 2.24) is 10.5 Å². The van der Waals surface area contributed by atoms with Gasteiger partial charge in [0, 0.05) is 6.07 Å². The Bertz CT molecular complexity index is 296. The molecule has 84 valence electrons. The van der Waals surface area contributed by atoms with Crippen LogP contribution in [0.1, 0.15) is 30.8 Å². The number of aromatic nitrogens is 1. The molecule has 15 heavy (non-hydrogen) atoms. The van der Waals surface area contributed by atoms with Gasteiger partial charge in [-0.3, -0.25) is 4.79 Å². The Kier molecular flexibility index (Phi) is 4.30. The molecule has 5 nitrogen and oxygen atoms in total. The summed E-state index contributed by atoms with van der Waals surface area (Å²) < 4.78 is 4.70. The molecule has 1 atom stereocenters. The minimum absolute atomic E-state index is 0.0714. The fourth-order valence-corrected chi connectivity index (χ4v) is 1.34. The van der Waals surface area contributed by atoms with E-state index in [1.54, 1.807) is 0 Å². The average Bonchev–Trinajstić information content (AvgIpc) is 2.68. The predicted octanol–water partition coefficient (Wildman–Crippen LogP) is 0.811. The number of rotatable bonds is 5. The van der Waals surface area contributed by atoms with E-state index in [4.69, 9.17) is 9.63 Å². The van der Waals surface area contributed by atoms with Crippen LogP contribution in [0.15, 0.2) is 16.8 Å². The average molecular weight is 212 g/mol. The van der Waals surface area contributed by atoms with Crippen molar-refractivity contribution < 1.29 is 14.4 Å². The lowest BCUT2D eigenvalue weighted by Crippen LogP contribution is -2.38. The number of carbonyl (C=O) groups excluding carboxylic acids is 1. The first kappa shape index (κ1) is 11.7. The number of amides is 1. The number of aliphatic hydroxyl groups excluding tert-OH is 1. The second-order valence-electron chi connectivity index (χ2n) is 3.86. The standard InChI is InChI=1S/C10H16N2O3/c1-7(2)5-8(6-13)12-10(14)9-3-4-11-15-9/h3-4,7-8,13H,5-6H2,1-2H3,(H,12,14). The smallest absolute Gasteiger partial charge is 0.290 e. The Labute approximate surface area is 88.5 Å². The van der Waals surface area contributed by atoms with E-state index in [1.807, 2.05) is 13.8 Å². The summed E-state index contributed by atoms with van der Waals surface area (Å²) in [7, 11) is 0. The highest BCUT2D eigenvalue weighted by Gasteiger charge is 2.16. The van der Waals surface area contributed by atoms with Crippen LogP contribution >= 0.6 is 0 Å². The second-order valence-corrected chi connectivity index (χ2v) is 3.86. The number of aliphatic hydroxyl groups is 1. The summed E-state index contributed by atoms with van der Waals surface area (Å²) in [6, 6.07) is 1.25. The summed E-state index contributed by atoms with van der Waals surface area (Å²) in [6.07, 6.45) is 2.14. The van der Waals surface area contributed by atoms with Crippen LogP contribution in [-0.4, -0.2) is 28.8 Å². The maximum atomic E-state index is 11.5. The second kappa shape index (κ2) is 5.50. The molecule has 0 saturated heterocycles. The number of hydrogen-bond acceptors (Lipinski definition) is 4. The summed E-state index contributed by atoms with van der Waals surface area (Å²) in [4.78, 5) is 11.5. The molecule has 0 fully saturated rings. The maximum Gasteiger partial charge on any atom is 0.290 e. The van der Waals surface area contributed by atoms with E-state index in [2.05, 4.69) is 10.5 Å². The first-order chi connectivity index (χ1) is 7.13. The normalized spacial score (nSPS) is 12.8. The van der Waals surface area contributed by atoms with Crippen molar-refractivity contribution in [3.05, 3.63) is 18.0 Å². The van der Waals surface area contributed by atoms with E-state index in [0.717, 1.165) is 6.42 Å². The minimum Gasteiger partial charge on any atom is -0.394 e. The molecule has 5 heteroatoms. The van der Waals surface area contributed by atoms with Crippen LogP contribution in [0.4, 0.5) is 0 Å². The zero-order chi connectivity index (χ0) is 11.3. The highest BCUT2D eigenvalue weighted by molar-refractivity contribution is 5.91. The van der Waals surface area contributed by atoms with E-state index >= 15 is 0 Å². The summed E-state index contributed by atoms with van der Waals surface area (Å²) in [5.74, 6) is 0.238. The Morgan fingerprint density at radius 1 is 1.67 bits per heavy atom. The maximum absolute atomic E-state index is 11.5. The largest absolute Gasteiger partial charge is 0.394 e. The van der Waals surface area contributed by atoms with Crippen LogP contribution in [0.3, 0.4) is 0 Å². The van der Waals surface area contributed by atoms with Crippen molar-refractivity contribution in [1.29, 1.82) is 0 Å². The Morgan fingerprint density at radius 3 is 2.87 bits per heavy atom. The molecule has 1 aromatic heterocycles.